The average Bonchev–Trinajstić information content (AvgIpc) is 3.04. The van der Waals surface area contributed by atoms with E-state index >= 15 is 0 Å². The third kappa shape index (κ3) is 3.14. The second-order valence-electron chi connectivity index (χ2n) is 4.23. The first-order valence-corrected chi connectivity index (χ1v) is 5.86. The Labute approximate surface area is 100 Å². The van der Waals surface area contributed by atoms with Gasteiger partial charge in [0.25, 0.3) is 0 Å². The molecule has 1 aliphatic carbocycles. The molecule has 1 aromatic carbocycles. The van der Waals surface area contributed by atoms with Crippen molar-refractivity contribution in [1.29, 1.82) is 0 Å². The van der Waals surface area contributed by atoms with E-state index in [1.165, 1.54) is 12.8 Å². The number of nitrogens with one attached hydrogen (secondary N) is 2. The van der Waals surface area contributed by atoms with Crippen LogP contribution in [-0.4, -0.2) is 12.1 Å². The summed E-state index contributed by atoms with van der Waals surface area (Å²) in [5.74, 6) is 0.663. The highest BCUT2D eigenvalue weighted by Gasteiger charge is 2.28. The summed E-state index contributed by atoms with van der Waals surface area (Å²) in [5.41, 5.74) is 0.755. The standard InChI is InChI=1S/C12H15ClN2O/c1-8(9-2-3-9)14-12(16)15-11-6-4-10(13)5-7-11/h4-9H,2-3H2,1H3,(H2,14,15,16). The number of benzene rings is 1. The van der Waals surface area contributed by atoms with Crippen molar-refractivity contribution in [2.24, 2.45) is 5.92 Å². The van der Waals surface area contributed by atoms with Crippen LogP contribution in [-0.2, 0) is 0 Å². The number of halogens is 1. The number of urea groups is 1. The number of hydrogen-bond acceptors (Lipinski definition) is 1. The molecule has 1 atom stereocenters. The SMILES string of the molecule is CC(NC(=O)Nc1ccc(Cl)cc1)C1CC1. The normalized spacial score (nSPS) is 16.6. The third-order valence-electron chi connectivity index (χ3n) is 2.79. The zero-order chi connectivity index (χ0) is 11.5. The first kappa shape index (κ1) is 11.3. The lowest BCUT2D eigenvalue weighted by Gasteiger charge is -2.13. The zero-order valence-corrected chi connectivity index (χ0v) is 9.92. The van der Waals surface area contributed by atoms with Gasteiger partial charge in [0.2, 0.25) is 0 Å². The van der Waals surface area contributed by atoms with Gasteiger partial charge in [-0.2, -0.15) is 0 Å². The molecule has 86 valence electrons. The van der Waals surface area contributed by atoms with Gasteiger partial charge in [-0.3, -0.25) is 0 Å². The Hall–Kier alpha value is -1.22. The van der Waals surface area contributed by atoms with Gasteiger partial charge >= 0.3 is 6.03 Å². The third-order valence-corrected chi connectivity index (χ3v) is 3.04. The summed E-state index contributed by atoms with van der Waals surface area (Å²) in [6, 6.07) is 7.17. The molecule has 2 amide bonds. The number of anilines is 1. The maximum atomic E-state index is 11.6. The van der Waals surface area contributed by atoms with E-state index in [1.54, 1.807) is 24.3 Å². The van der Waals surface area contributed by atoms with Crippen molar-refractivity contribution >= 4 is 23.3 Å². The van der Waals surface area contributed by atoms with Crippen LogP contribution in [0.25, 0.3) is 0 Å². The van der Waals surface area contributed by atoms with Crippen molar-refractivity contribution in [3.05, 3.63) is 29.3 Å². The van der Waals surface area contributed by atoms with Crippen LogP contribution in [0.5, 0.6) is 0 Å². The maximum Gasteiger partial charge on any atom is 0.319 e. The minimum absolute atomic E-state index is 0.151. The van der Waals surface area contributed by atoms with E-state index in [0.717, 1.165) is 5.69 Å². The van der Waals surface area contributed by atoms with E-state index < -0.39 is 0 Å². The lowest BCUT2D eigenvalue weighted by Crippen LogP contribution is -2.37. The molecular formula is C12H15ClN2O. The maximum absolute atomic E-state index is 11.6. The fourth-order valence-electron chi connectivity index (χ4n) is 1.62. The number of carbonyl (C=O) groups excluding carboxylic acids is 1. The number of hydrogen-bond donors (Lipinski definition) is 2. The van der Waals surface area contributed by atoms with Crippen molar-refractivity contribution in [2.75, 3.05) is 5.32 Å². The van der Waals surface area contributed by atoms with Crippen molar-refractivity contribution in [3.8, 4) is 0 Å². The minimum Gasteiger partial charge on any atom is -0.335 e. The highest BCUT2D eigenvalue weighted by molar-refractivity contribution is 6.30. The molecule has 0 aliphatic heterocycles. The molecule has 1 aliphatic rings. The van der Waals surface area contributed by atoms with Gasteiger partial charge in [0.1, 0.15) is 0 Å². The Bertz CT molecular complexity index is 373. The molecule has 0 radical (unpaired) electrons. The lowest BCUT2D eigenvalue weighted by molar-refractivity contribution is 0.248. The summed E-state index contributed by atoms with van der Waals surface area (Å²) in [6.45, 7) is 2.04. The van der Waals surface area contributed by atoms with Crippen molar-refractivity contribution in [2.45, 2.75) is 25.8 Å². The second kappa shape index (κ2) is 4.74. The minimum atomic E-state index is -0.151. The molecule has 4 heteroatoms. The fourth-order valence-corrected chi connectivity index (χ4v) is 1.75. The molecule has 0 heterocycles. The number of carbonyl (C=O) groups is 1. The summed E-state index contributed by atoms with van der Waals surface area (Å²) in [7, 11) is 0. The van der Waals surface area contributed by atoms with E-state index in [4.69, 9.17) is 11.6 Å². The van der Waals surface area contributed by atoms with Crippen LogP contribution in [0.2, 0.25) is 5.02 Å². The summed E-state index contributed by atoms with van der Waals surface area (Å²) >= 11 is 5.75. The number of rotatable bonds is 3. The van der Waals surface area contributed by atoms with Gasteiger partial charge in [0.15, 0.2) is 0 Å². The molecule has 0 spiro atoms. The monoisotopic (exact) mass is 238 g/mol. The van der Waals surface area contributed by atoms with Gasteiger partial charge in [0, 0.05) is 16.8 Å². The molecule has 0 saturated heterocycles. The van der Waals surface area contributed by atoms with Gasteiger partial charge in [0.05, 0.1) is 0 Å². The van der Waals surface area contributed by atoms with Gasteiger partial charge in [-0.15, -0.1) is 0 Å². The summed E-state index contributed by atoms with van der Waals surface area (Å²) in [4.78, 5) is 11.6. The van der Waals surface area contributed by atoms with E-state index in [0.29, 0.717) is 10.9 Å². The van der Waals surface area contributed by atoms with Crippen LogP contribution in [0.4, 0.5) is 10.5 Å². The smallest absolute Gasteiger partial charge is 0.319 e. The molecule has 0 bridgehead atoms. The highest BCUT2D eigenvalue weighted by Crippen LogP contribution is 2.32. The summed E-state index contributed by atoms with van der Waals surface area (Å²) in [5, 5.41) is 6.36. The van der Waals surface area contributed by atoms with Crippen molar-refractivity contribution in [3.63, 3.8) is 0 Å². The van der Waals surface area contributed by atoms with Crippen LogP contribution in [0.1, 0.15) is 19.8 Å². The quantitative estimate of drug-likeness (QED) is 0.834. The molecule has 3 nitrogen and oxygen atoms in total. The van der Waals surface area contributed by atoms with Crippen molar-refractivity contribution < 1.29 is 4.79 Å². The van der Waals surface area contributed by atoms with Crippen LogP contribution in [0.3, 0.4) is 0 Å². The molecule has 1 unspecified atom stereocenters. The Kier molecular flexibility index (Phi) is 3.34. The predicted octanol–water partition coefficient (Wildman–Crippen LogP) is 3.26. The largest absolute Gasteiger partial charge is 0.335 e. The summed E-state index contributed by atoms with van der Waals surface area (Å²) in [6.07, 6.45) is 2.45. The molecule has 0 aromatic heterocycles. The summed E-state index contributed by atoms with van der Waals surface area (Å²) < 4.78 is 0. The zero-order valence-electron chi connectivity index (χ0n) is 9.16. The molecule has 2 N–H and O–H groups in total. The number of amides is 2. The first-order chi connectivity index (χ1) is 7.65. The molecule has 1 fully saturated rings. The molecule has 16 heavy (non-hydrogen) atoms. The van der Waals surface area contributed by atoms with E-state index in [2.05, 4.69) is 10.6 Å². The van der Waals surface area contributed by atoms with Crippen LogP contribution >= 0.6 is 11.6 Å². The van der Waals surface area contributed by atoms with Gasteiger partial charge in [-0.25, -0.2) is 4.79 Å². The fraction of sp³-hybridized carbons (Fsp3) is 0.417. The molecule has 1 saturated carbocycles. The van der Waals surface area contributed by atoms with E-state index in [-0.39, 0.29) is 12.1 Å². The molecular weight excluding hydrogens is 224 g/mol. The predicted molar refractivity (Wildman–Crippen MR) is 65.8 cm³/mol. The highest BCUT2D eigenvalue weighted by atomic mass is 35.5. The Morgan fingerprint density at radius 1 is 1.38 bits per heavy atom. The van der Waals surface area contributed by atoms with E-state index in [1.807, 2.05) is 6.92 Å². The molecule has 2 rings (SSSR count). The second-order valence-corrected chi connectivity index (χ2v) is 4.67. The first-order valence-electron chi connectivity index (χ1n) is 5.48. The van der Waals surface area contributed by atoms with Gasteiger partial charge in [-0.05, 0) is 49.9 Å². The van der Waals surface area contributed by atoms with Crippen molar-refractivity contribution in [1.82, 2.24) is 5.32 Å². The van der Waals surface area contributed by atoms with E-state index in [9.17, 15) is 4.79 Å². The van der Waals surface area contributed by atoms with Crippen LogP contribution in [0.15, 0.2) is 24.3 Å². The van der Waals surface area contributed by atoms with Gasteiger partial charge < -0.3 is 10.6 Å². The lowest BCUT2D eigenvalue weighted by atomic mass is 10.2. The van der Waals surface area contributed by atoms with Crippen LogP contribution < -0.4 is 10.6 Å². The Balaban J connectivity index is 1.84. The Morgan fingerprint density at radius 3 is 2.56 bits per heavy atom. The average molecular weight is 239 g/mol. The molecule has 1 aromatic rings. The Morgan fingerprint density at radius 2 is 2.00 bits per heavy atom. The topological polar surface area (TPSA) is 41.1 Å². The van der Waals surface area contributed by atoms with Gasteiger partial charge in [-0.1, -0.05) is 11.6 Å². The van der Waals surface area contributed by atoms with Crippen LogP contribution in [0, 0.1) is 5.92 Å².